The van der Waals surface area contributed by atoms with Gasteiger partial charge < -0.3 is 4.90 Å². The monoisotopic (exact) mass is 257 g/mol. The molecular weight excluding hydrogens is 242 g/mol. The average molecular weight is 258 g/mol. The molecule has 0 spiro atoms. The zero-order valence-electron chi connectivity index (χ0n) is 9.23. The third kappa shape index (κ3) is 2.11. The summed E-state index contributed by atoms with van der Waals surface area (Å²) in [5.41, 5.74) is 0. The van der Waals surface area contributed by atoms with Crippen LogP contribution in [0.2, 0.25) is 4.47 Å². The number of aromatic nitrogens is 2. The van der Waals surface area contributed by atoms with Crippen LogP contribution in [0.4, 0.5) is 0 Å². The first kappa shape index (κ1) is 10.9. The highest BCUT2D eigenvalue weighted by Gasteiger charge is 2.30. The quantitative estimate of drug-likeness (QED) is 0.816. The molecule has 0 aromatic carbocycles. The molecule has 0 unspecified atom stereocenters. The standard InChI is InChI=1S/C11H16ClN3S/c12-11-13-10(14-16-11)8-2-4-9(5-3-8)15-6-1-7-15/h8-9H,1-7H2. The van der Waals surface area contributed by atoms with Gasteiger partial charge in [-0.05, 0) is 68.3 Å². The predicted molar refractivity (Wildman–Crippen MR) is 66.1 cm³/mol. The molecule has 2 fully saturated rings. The molecule has 1 saturated heterocycles. The predicted octanol–water partition coefficient (Wildman–Crippen LogP) is 2.92. The van der Waals surface area contributed by atoms with Gasteiger partial charge in [-0.25, -0.2) is 4.98 Å². The second-order valence-corrected chi connectivity index (χ2v) is 6.13. The molecule has 0 amide bonds. The van der Waals surface area contributed by atoms with Crippen molar-refractivity contribution in [2.75, 3.05) is 13.1 Å². The highest BCUT2D eigenvalue weighted by molar-refractivity contribution is 7.10. The molecule has 1 saturated carbocycles. The summed E-state index contributed by atoms with van der Waals surface area (Å²) >= 11 is 7.14. The van der Waals surface area contributed by atoms with Crippen LogP contribution in [0, 0.1) is 0 Å². The minimum absolute atomic E-state index is 0.557. The van der Waals surface area contributed by atoms with E-state index in [0.717, 1.165) is 11.9 Å². The van der Waals surface area contributed by atoms with E-state index in [1.807, 2.05) is 0 Å². The van der Waals surface area contributed by atoms with Gasteiger partial charge in [0, 0.05) is 12.0 Å². The number of halogens is 1. The van der Waals surface area contributed by atoms with Crippen molar-refractivity contribution in [2.24, 2.45) is 0 Å². The van der Waals surface area contributed by atoms with Gasteiger partial charge in [-0.2, -0.15) is 4.37 Å². The summed E-state index contributed by atoms with van der Waals surface area (Å²) in [6, 6.07) is 0.833. The summed E-state index contributed by atoms with van der Waals surface area (Å²) in [5.74, 6) is 1.54. The van der Waals surface area contributed by atoms with Gasteiger partial charge in [0.2, 0.25) is 4.47 Å². The van der Waals surface area contributed by atoms with E-state index in [4.69, 9.17) is 11.6 Å². The van der Waals surface area contributed by atoms with E-state index in [1.165, 1.54) is 56.7 Å². The minimum Gasteiger partial charge on any atom is -0.300 e. The van der Waals surface area contributed by atoms with Gasteiger partial charge in [-0.1, -0.05) is 0 Å². The Morgan fingerprint density at radius 2 is 1.94 bits per heavy atom. The lowest BCUT2D eigenvalue weighted by atomic mass is 9.84. The molecule has 0 atom stereocenters. The Bertz CT molecular complexity index is 356. The minimum atomic E-state index is 0.557. The van der Waals surface area contributed by atoms with Crippen molar-refractivity contribution in [2.45, 2.75) is 44.1 Å². The Morgan fingerprint density at radius 3 is 2.44 bits per heavy atom. The van der Waals surface area contributed by atoms with Crippen LogP contribution >= 0.6 is 23.1 Å². The first-order valence-electron chi connectivity index (χ1n) is 6.06. The van der Waals surface area contributed by atoms with E-state index in [-0.39, 0.29) is 0 Å². The molecule has 1 aromatic heterocycles. The normalized spacial score (nSPS) is 31.3. The topological polar surface area (TPSA) is 29.0 Å². The summed E-state index contributed by atoms with van der Waals surface area (Å²) in [6.07, 6.45) is 6.47. The van der Waals surface area contributed by atoms with Crippen molar-refractivity contribution in [1.82, 2.24) is 14.3 Å². The molecule has 88 valence electrons. The fourth-order valence-electron chi connectivity index (χ4n) is 2.79. The highest BCUT2D eigenvalue weighted by Crippen LogP contribution is 2.35. The van der Waals surface area contributed by atoms with Crippen LogP contribution in [-0.4, -0.2) is 33.4 Å². The largest absolute Gasteiger partial charge is 0.300 e. The summed E-state index contributed by atoms with van der Waals surface area (Å²) in [6.45, 7) is 2.63. The van der Waals surface area contributed by atoms with Crippen molar-refractivity contribution >= 4 is 23.1 Å². The van der Waals surface area contributed by atoms with E-state index in [0.29, 0.717) is 10.4 Å². The van der Waals surface area contributed by atoms with Gasteiger partial charge in [0.1, 0.15) is 5.82 Å². The Labute approximate surface area is 105 Å². The van der Waals surface area contributed by atoms with E-state index in [2.05, 4.69) is 14.3 Å². The molecule has 2 aliphatic rings. The third-order valence-corrected chi connectivity index (χ3v) is 4.70. The van der Waals surface area contributed by atoms with Gasteiger partial charge in [-0.15, -0.1) is 0 Å². The van der Waals surface area contributed by atoms with Gasteiger partial charge in [0.15, 0.2) is 0 Å². The van der Waals surface area contributed by atoms with Gasteiger partial charge in [-0.3, -0.25) is 0 Å². The number of nitrogens with zero attached hydrogens (tertiary/aromatic N) is 3. The van der Waals surface area contributed by atoms with E-state index >= 15 is 0 Å². The fraction of sp³-hybridized carbons (Fsp3) is 0.818. The molecule has 2 heterocycles. The summed E-state index contributed by atoms with van der Waals surface area (Å²) in [7, 11) is 0. The maximum Gasteiger partial charge on any atom is 0.203 e. The zero-order chi connectivity index (χ0) is 11.0. The van der Waals surface area contributed by atoms with Crippen LogP contribution < -0.4 is 0 Å². The van der Waals surface area contributed by atoms with Crippen LogP contribution in [0.5, 0.6) is 0 Å². The highest BCUT2D eigenvalue weighted by atomic mass is 35.5. The second kappa shape index (κ2) is 4.59. The van der Waals surface area contributed by atoms with Gasteiger partial charge >= 0.3 is 0 Å². The Morgan fingerprint density at radius 1 is 1.19 bits per heavy atom. The summed E-state index contributed by atoms with van der Waals surface area (Å²) in [5, 5.41) is 0. The lowest BCUT2D eigenvalue weighted by Gasteiger charge is -2.41. The molecule has 3 rings (SSSR count). The maximum atomic E-state index is 5.83. The Hall–Kier alpha value is -0.190. The Balaban J connectivity index is 1.57. The maximum absolute atomic E-state index is 5.83. The van der Waals surface area contributed by atoms with Crippen LogP contribution in [0.3, 0.4) is 0 Å². The van der Waals surface area contributed by atoms with Crippen molar-refractivity contribution in [3.05, 3.63) is 10.3 Å². The molecule has 3 nitrogen and oxygen atoms in total. The van der Waals surface area contributed by atoms with Crippen LogP contribution in [0.25, 0.3) is 0 Å². The first-order chi connectivity index (χ1) is 7.83. The molecule has 0 bridgehead atoms. The molecule has 1 aliphatic heterocycles. The van der Waals surface area contributed by atoms with E-state index in [9.17, 15) is 0 Å². The average Bonchev–Trinajstić information content (AvgIpc) is 2.63. The smallest absolute Gasteiger partial charge is 0.203 e. The fourth-order valence-corrected chi connectivity index (χ4v) is 3.47. The SMILES string of the molecule is Clc1nc(C2CCC(N3CCC3)CC2)ns1. The van der Waals surface area contributed by atoms with E-state index < -0.39 is 0 Å². The molecule has 1 aromatic rings. The molecule has 5 heteroatoms. The van der Waals surface area contributed by atoms with Gasteiger partial charge in [0.25, 0.3) is 0 Å². The van der Waals surface area contributed by atoms with E-state index in [1.54, 1.807) is 0 Å². The lowest BCUT2D eigenvalue weighted by molar-refractivity contribution is 0.0863. The number of likely N-dealkylation sites (tertiary alicyclic amines) is 1. The van der Waals surface area contributed by atoms with Crippen molar-refractivity contribution in [3.8, 4) is 0 Å². The molecular formula is C11H16ClN3S. The van der Waals surface area contributed by atoms with Crippen molar-refractivity contribution < 1.29 is 0 Å². The number of hydrogen-bond acceptors (Lipinski definition) is 4. The lowest BCUT2D eigenvalue weighted by Crippen LogP contribution is -2.46. The number of rotatable bonds is 2. The first-order valence-corrected chi connectivity index (χ1v) is 7.21. The van der Waals surface area contributed by atoms with Crippen LogP contribution in [-0.2, 0) is 0 Å². The molecule has 1 aliphatic carbocycles. The second-order valence-electron chi connectivity index (χ2n) is 4.80. The Kier molecular flexibility index (Phi) is 3.14. The molecule has 16 heavy (non-hydrogen) atoms. The van der Waals surface area contributed by atoms with Gasteiger partial charge in [0.05, 0.1) is 0 Å². The summed E-state index contributed by atoms with van der Waals surface area (Å²) in [4.78, 5) is 6.92. The van der Waals surface area contributed by atoms with Crippen LogP contribution in [0.15, 0.2) is 0 Å². The van der Waals surface area contributed by atoms with Crippen LogP contribution in [0.1, 0.15) is 43.8 Å². The van der Waals surface area contributed by atoms with Crippen molar-refractivity contribution in [1.29, 1.82) is 0 Å². The molecule has 0 N–H and O–H groups in total. The third-order valence-electron chi connectivity index (χ3n) is 3.89. The summed E-state index contributed by atoms with van der Waals surface area (Å²) < 4.78 is 4.91. The van der Waals surface area contributed by atoms with Crippen molar-refractivity contribution in [3.63, 3.8) is 0 Å². The zero-order valence-corrected chi connectivity index (χ0v) is 10.8. The number of hydrogen-bond donors (Lipinski definition) is 0. The molecule has 0 radical (unpaired) electrons.